The molecule has 0 saturated heterocycles. The highest BCUT2D eigenvalue weighted by molar-refractivity contribution is 7.92. The molecule has 8 nitrogen and oxygen atoms in total. The Morgan fingerprint density at radius 1 is 1.00 bits per heavy atom. The molecule has 0 saturated carbocycles. The van der Waals surface area contributed by atoms with Crippen LogP contribution in [0.3, 0.4) is 0 Å². The summed E-state index contributed by atoms with van der Waals surface area (Å²) in [5.41, 5.74) is 2.71. The second-order valence-corrected chi connectivity index (χ2v) is 9.06. The largest absolute Gasteiger partial charge is 0.452 e. The molecule has 4 aromatic rings. The molecule has 1 heterocycles. The Morgan fingerprint density at radius 2 is 1.79 bits per heavy atom. The molecular weight excluding hydrogens is 442 g/mol. The zero-order valence-electron chi connectivity index (χ0n) is 18.0. The maximum atomic E-state index is 12.9. The van der Waals surface area contributed by atoms with E-state index in [1.54, 1.807) is 31.2 Å². The van der Waals surface area contributed by atoms with Crippen LogP contribution in [0.5, 0.6) is 0 Å². The number of anilines is 1. The number of hydrogen-bond donors (Lipinski definition) is 1. The first-order chi connectivity index (χ1) is 15.8. The van der Waals surface area contributed by atoms with Crippen LogP contribution >= 0.6 is 0 Å². The number of benzene rings is 3. The minimum Gasteiger partial charge on any atom is -0.452 e. The Hall–Kier alpha value is -3.98. The van der Waals surface area contributed by atoms with Gasteiger partial charge in [0.2, 0.25) is 5.82 Å². The van der Waals surface area contributed by atoms with Crippen LogP contribution in [0.25, 0.3) is 11.4 Å². The van der Waals surface area contributed by atoms with Crippen molar-refractivity contribution < 1.29 is 22.5 Å². The molecule has 33 heavy (non-hydrogen) atoms. The lowest BCUT2D eigenvalue weighted by Crippen LogP contribution is -2.15. The molecule has 0 aliphatic rings. The predicted molar refractivity (Wildman–Crippen MR) is 122 cm³/mol. The monoisotopic (exact) mass is 463 g/mol. The molecule has 0 bridgehead atoms. The fraction of sp³-hybridized carbons (Fsp3) is 0.125. The Kier molecular flexibility index (Phi) is 6.23. The lowest BCUT2D eigenvalue weighted by atomic mass is 10.1. The van der Waals surface area contributed by atoms with Gasteiger partial charge in [-0.2, -0.15) is 4.98 Å². The molecule has 1 aromatic heterocycles. The van der Waals surface area contributed by atoms with Crippen LogP contribution in [0.1, 0.15) is 27.4 Å². The van der Waals surface area contributed by atoms with Crippen molar-refractivity contribution in [2.45, 2.75) is 25.3 Å². The van der Waals surface area contributed by atoms with Gasteiger partial charge in [0.25, 0.3) is 15.9 Å². The second kappa shape index (κ2) is 9.25. The smallest absolute Gasteiger partial charge is 0.338 e. The average molecular weight is 464 g/mol. The van der Waals surface area contributed by atoms with Gasteiger partial charge in [0, 0.05) is 11.3 Å². The van der Waals surface area contributed by atoms with Gasteiger partial charge in [-0.15, -0.1) is 0 Å². The zero-order chi connectivity index (χ0) is 23.4. The Labute approximate surface area is 191 Å². The Morgan fingerprint density at radius 3 is 2.55 bits per heavy atom. The van der Waals surface area contributed by atoms with Gasteiger partial charge in [-0.05, 0) is 49.2 Å². The number of carbonyl (C=O) groups excluding carboxylic acids is 1. The lowest BCUT2D eigenvalue weighted by Gasteiger charge is -2.12. The minimum atomic E-state index is -3.91. The van der Waals surface area contributed by atoms with E-state index in [2.05, 4.69) is 14.9 Å². The number of aryl methyl sites for hydroxylation is 2. The molecule has 0 fully saturated rings. The number of rotatable bonds is 7. The van der Waals surface area contributed by atoms with E-state index < -0.39 is 16.0 Å². The molecule has 168 valence electrons. The van der Waals surface area contributed by atoms with Crippen LogP contribution in [-0.4, -0.2) is 24.5 Å². The number of nitrogens with one attached hydrogen (secondary N) is 1. The third-order valence-electron chi connectivity index (χ3n) is 4.81. The van der Waals surface area contributed by atoms with E-state index in [1.807, 2.05) is 43.3 Å². The maximum Gasteiger partial charge on any atom is 0.338 e. The molecule has 0 unspecified atom stereocenters. The quantitative estimate of drug-likeness (QED) is 0.401. The number of aromatic nitrogens is 2. The van der Waals surface area contributed by atoms with Crippen LogP contribution in [0.4, 0.5) is 5.69 Å². The van der Waals surface area contributed by atoms with E-state index in [9.17, 15) is 13.2 Å². The highest BCUT2D eigenvalue weighted by atomic mass is 32.2. The first-order valence-electron chi connectivity index (χ1n) is 10.1. The number of ether oxygens (including phenoxy) is 1. The molecule has 0 spiro atoms. The molecule has 0 aliphatic heterocycles. The summed E-state index contributed by atoms with van der Waals surface area (Å²) in [5, 5.41) is 3.88. The van der Waals surface area contributed by atoms with Gasteiger partial charge >= 0.3 is 5.97 Å². The highest BCUT2D eigenvalue weighted by Crippen LogP contribution is 2.22. The van der Waals surface area contributed by atoms with Gasteiger partial charge in [0.05, 0.1) is 10.5 Å². The van der Waals surface area contributed by atoms with Crippen molar-refractivity contribution in [3.63, 3.8) is 0 Å². The van der Waals surface area contributed by atoms with E-state index in [4.69, 9.17) is 9.26 Å². The van der Waals surface area contributed by atoms with Crippen LogP contribution in [0.15, 0.2) is 82.2 Å². The second-order valence-electron chi connectivity index (χ2n) is 7.41. The first-order valence-corrected chi connectivity index (χ1v) is 11.6. The molecule has 0 aliphatic carbocycles. The summed E-state index contributed by atoms with van der Waals surface area (Å²) in [6, 6.07) is 20.6. The normalized spacial score (nSPS) is 11.2. The number of sulfonamides is 1. The number of esters is 1. The van der Waals surface area contributed by atoms with Crippen LogP contribution in [0.2, 0.25) is 0 Å². The van der Waals surface area contributed by atoms with Crippen LogP contribution in [0, 0.1) is 13.8 Å². The van der Waals surface area contributed by atoms with Crippen molar-refractivity contribution in [3.8, 4) is 11.4 Å². The van der Waals surface area contributed by atoms with Crippen LogP contribution in [-0.2, 0) is 21.4 Å². The summed E-state index contributed by atoms with van der Waals surface area (Å²) in [7, 11) is -3.91. The zero-order valence-corrected chi connectivity index (χ0v) is 18.8. The molecule has 4 rings (SSSR count). The van der Waals surface area contributed by atoms with Gasteiger partial charge in [-0.3, -0.25) is 4.72 Å². The third-order valence-corrected chi connectivity index (χ3v) is 6.33. The highest BCUT2D eigenvalue weighted by Gasteiger charge is 2.20. The van der Waals surface area contributed by atoms with E-state index in [1.165, 1.54) is 12.1 Å². The molecule has 0 amide bonds. The van der Waals surface area contributed by atoms with E-state index in [-0.39, 0.29) is 23.0 Å². The van der Waals surface area contributed by atoms with Gasteiger partial charge in [0.15, 0.2) is 6.61 Å². The van der Waals surface area contributed by atoms with Crippen molar-refractivity contribution in [2.24, 2.45) is 0 Å². The van der Waals surface area contributed by atoms with E-state index in [0.717, 1.165) is 11.1 Å². The fourth-order valence-electron chi connectivity index (χ4n) is 3.16. The fourth-order valence-corrected chi connectivity index (χ4v) is 4.49. The molecule has 0 radical (unpaired) electrons. The standard InChI is InChI=1S/C24H21N3O5S/c1-16-7-6-10-20(13-16)27-33(29,30)21-14-19(12-11-17(21)2)24(28)31-15-22-25-23(26-32-22)18-8-4-3-5-9-18/h3-14,27H,15H2,1-2H3. The average Bonchev–Trinajstić information content (AvgIpc) is 3.27. The summed E-state index contributed by atoms with van der Waals surface area (Å²) >= 11 is 0. The van der Waals surface area contributed by atoms with Crippen molar-refractivity contribution >= 4 is 21.7 Å². The lowest BCUT2D eigenvalue weighted by molar-refractivity contribution is 0.0429. The maximum absolute atomic E-state index is 12.9. The van der Waals surface area contributed by atoms with Gasteiger partial charge in [-0.1, -0.05) is 53.7 Å². The summed E-state index contributed by atoms with van der Waals surface area (Å²) in [6.07, 6.45) is 0. The summed E-state index contributed by atoms with van der Waals surface area (Å²) in [6.45, 7) is 3.28. The van der Waals surface area contributed by atoms with Crippen molar-refractivity contribution in [1.82, 2.24) is 10.1 Å². The predicted octanol–water partition coefficient (Wildman–Crippen LogP) is 4.51. The van der Waals surface area contributed by atoms with Crippen LogP contribution < -0.4 is 4.72 Å². The number of hydrogen-bond acceptors (Lipinski definition) is 7. The van der Waals surface area contributed by atoms with Crippen molar-refractivity contribution in [1.29, 1.82) is 0 Å². The molecule has 3 aromatic carbocycles. The summed E-state index contributed by atoms with van der Waals surface area (Å²) < 4.78 is 38.8. The van der Waals surface area contributed by atoms with Crippen molar-refractivity contribution in [2.75, 3.05) is 4.72 Å². The first kappa shape index (κ1) is 22.2. The molecule has 1 N–H and O–H groups in total. The van der Waals surface area contributed by atoms with E-state index in [0.29, 0.717) is 17.1 Å². The summed E-state index contributed by atoms with van der Waals surface area (Å²) in [5.74, 6) is -0.197. The van der Waals surface area contributed by atoms with Gasteiger partial charge in [-0.25, -0.2) is 13.2 Å². The Bertz CT molecular complexity index is 1400. The molecule has 0 atom stereocenters. The summed E-state index contributed by atoms with van der Waals surface area (Å²) in [4.78, 5) is 16.8. The van der Waals surface area contributed by atoms with E-state index >= 15 is 0 Å². The van der Waals surface area contributed by atoms with Gasteiger partial charge in [0.1, 0.15) is 0 Å². The third kappa shape index (κ3) is 5.27. The van der Waals surface area contributed by atoms with Gasteiger partial charge < -0.3 is 9.26 Å². The molecular formula is C24H21N3O5S. The topological polar surface area (TPSA) is 111 Å². The SMILES string of the molecule is Cc1cccc(NS(=O)(=O)c2cc(C(=O)OCc3nc(-c4ccccc4)no3)ccc2C)c1. The van der Waals surface area contributed by atoms with Crippen molar-refractivity contribution in [3.05, 3.63) is 95.4 Å². The number of carbonyl (C=O) groups is 1. The number of nitrogens with zero attached hydrogens (tertiary/aromatic N) is 2. The minimum absolute atomic E-state index is 0.0115. The Balaban J connectivity index is 1.48. The molecule has 9 heteroatoms.